The van der Waals surface area contributed by atoms with Crippen molar-refractivity contribution in [3.05, 3.63) is 35.9 Å². The van der Waals surface area contributed by atoms with Gasteiger partial charge in [-0.05, 0) is 39.7 Å². The van der Waals surface area contributed by atoms with Crippen molar-refractivity contribution in [3.8, 4) is 0 Å². The first kappa shape index (κ1) is 18.3. The van der Waals surface area contributed by atoms with E-state index in [0.29, 0.717) is 6.54 Å². The molecule has 3 nitrogen and oxygen atoms in total. The number of fused-ring (bicyclic) bond motifs is 1. The fraction of sp³-hybridized carbons (Fsp3) is 0.650. The predicted octanol–water partition coefficient (Wildman–Crippen LogP) is 4.44. The Balaban J connectivity index is 1.88. The number of likely N-dealkylation sites (tertiary alicyclic amines) is 1. The summed E-state index contributed by atoms with van der Waals surface area (Å²) in [6, 6.07) is 9.81. The van der Waals surface area contributed by atoms with Crippen molar-refractivity contribution in [3.63, 3.8) is 0 Å². The van der Waals surface area contributed by atoms with E-state index in [9.17, 15) is 13.6 Å². The minimum absolute atomic E-state index is 0.0121. The fourth-order valence-electron chi connectivity index (χ4n) is 4.23. The third kappa shape index (κ3) is 3.31. The number of hydrogen-bond donors (Lipinski definition) is 0. The number of rotatable bonds is 3. The second-order valence-electron chi connectivity index (χ2n) is 8.49. The van der Waals surface area contributed by atoms with Crippen molar-refractivity contribution in [2.45, 2.75) is 58.1 Å². The molecule has 1 heterocycles. The van der Waals surface area contributed by atoms with Gasteiger partial charge in [-0.15, -0.1) is 0 Å². The van der Waals surface area contributed by atoms with Crippen LogP contribution in [0.4, 0.5) is 8.78 Å². The largest absolute Gasteiger partial charge is 0.459 e. The Labute approximate surface area is 148 Å². The third-order valence-electron chi connectivity index (χ3n) is 5.62. The van der Waals surface area contributed by atoms with Gasteiger partial charge in [-0.25, -0.2) is 8.78 Å². The maximum atomic E-state index is 14.5. The molecule has 25 heavy (non-hydrogen) atoms. The minimum atomic E-state index is -2.82. The molecule has 2 aliphatic rings. The zero-order chi connectivity index (χ0) is 18.5. The van der Waals surface area contributed by atoms with E-state index < -0.39 is 28.8 Å². The van der Waals surface area contributed by atoms with Gasteiger partial charge in [0.15, 0.2) is 0 Å². The normalized spacial score (nSPS) is 30.1. The number of carbonyl (C=O) groups excluding carboxylic acids is 1. The Morgan fingerprint density at radius 2 is 1.88 bits per heavy atom. The quantitative estimate of drug-likeness (QED) is 0.754. The topological polar surface area (TPSA) is 29.5 Å². The molecule has 0 unspecified atom stereocenters. The summed E-state index contributed by atoms with van der Waals surface area (Å²) in [5, 5.41) is 0. The van der Waals surface area contributed by atoms with Crippen LogP contribution < -0.4 is 0 Å². The first-order valence-electron chi connectivity index (χ1n) is 8.95. The molecular formula is C20H27F2NO2. The van der Waals surface area contributed by atoms with E-state index in [2.05, 4.69) is 0 Å². The molecule has 2 fully saturated rings. The SMILES string of the molecule is C[C@H](c1ccccc1)N1C[C@H]2C(F)(F)CC[C@@]2(C(=O)OC(C)(C)C)C1. The predicted molar refractivity (Wildman–Crippen MR) is 92.4 cm³/mol. The van der Waals surface area contributed by atoms with Crippen LogP contribution >= 0.6 is 0 Å². The van der Waals surface area contributed by atoms with Crippen LogP contribution in [0.15, 0.2) is 30.3 Å². The number of nitrogens with zero attached hydrogens (tertiary/aromatic N) is 1. The van der Waals surface area contributed by atoms with Gasteiger partial charge in [-0.3, -0.25) is 9.69 Å². The zero-order valence-electron chi connectivity index (χ0n) is 15.4. The van der Waals surface area contributed by atoms with Crippen molar-refractivity contribution >= 4 is 5.97 Å². The van der Waals surface area contributed by atoms with E-state index >= 15 is 0 Å². The Kier molecular flexibility index (Phi) is 4.43. The van der Waals surface area contributed by atoms with Crippen molar-refractivity contribution < 1.29 is 18.3 Å². The van der Waals surface area contributed by atoms with Crippen molar-refractivity contribution in [1.29, 1.82) is 0 Å². The maximum absolute atomic E-state index is 14.5. The molecule has 1 aromatic rings. The van der Waals surface area contributed by atoms with Gasteiger partial charge in [0.2, 0.25) is 0 Å². The van der Waals surface area contributed by atoms with Crippen molar-refractivity contribution in [2.24, 2.45) is 11.3 Å². The third-order valence-corrected chi connectivity index (χ3v) is 5.62. The van der Waals surface area contributed by atoms with Crippen LogP contribution in [0.1, 0.15) is 52.1 Å². The molecule has 1 saturated heterocycles. The highest BCUT2D eigenvalue weighted by Crippen LogP contribution is 2.58. The summed E-state index contributed by atoms with van der Waals surface area (Å²) in [5.41, 5.74) is -0.697. The van der Waals surface area contributed by atoms with Gasteiger partial charge in [-0.1, -0.05) is 30.3 Å². The molecule has 138 valence electrons. The molecule has 5 heteroatoms. The Bertz CT molecular complexity index is 641. The van der Waals surface area contributed by atoms with Gasteiger partial charge in [0, 0.05) is 25.6 Å². The number of hydrogen-bond acceptors (Lipinski definition) is 3. The van der Waals surface area contributed by atoms with Crippen molar-refractivity contribution in [1.82, 2.24) is 4.90 Å². The first-order valence-corrected chi connectivity index (χ1v) is 8.95. The number of carbonyl (C=O) groups is 1. The summed E-state index contributed by atoms with van der Waals surface area (Å²) >= 11 is 0. The number of halogens is 2. The number of alkyl halides is 2. The molecular weight excluding hydrogens is 324 g/mol. The van der Waals surface area contributed by atoms with E-state index in [-0.39, 0.29) is 25.4 Å². The molecule has 0 bridgehead atoms. The highest BCUT2D eigenvalue weighted by atomic mass is 19.3. The summed E-state index contributed by atoms with van der Waals surface area (Å²) in [4.78, 5) is 14.9. The van der Waals surface area contributed by atoms with Gasteiger partial charge in [0.1, 0.15) is 5.60 Å². The van der Waals surface area contributed by atoms with Gasteiger partial charge in [0.05, 0.1) is 11.3 Å². The number of ether oxygens (including phenoxy) is 1. The summed E-state index contributed by atoms with van der Waals surface area (Å²) in [6.45, 7) is 7.91. The van der Waals surface area contributed by atoms with Crippen LogP contribution in [0.25, 0.3) is 0 Å². The van der Waals surface area contributed by atoms with Crippen LogP contribution in [0, 0.1) is 11.3 Å². The van der Waals surface area contributed by atoms with E-state index in [1.807, 2.05) is 42.2 Å². The van der Waals surface area contributed by atoms with Gasteiger partial charge in [-0.2, -0.15) is 0 Å². The molecule has 3 atom stereocenters. The molecule has 0 aromatic heterocycles. The second kappa shape index (κ2) is 6.04. The van der Waals surface area contributed by atoms with Gasteiger partial charge in [0.25, 0.3) is 5.92 Å². The Hall–Kier alpha value is -1.49. The molecule has 0 radical (unpaired) electrons. The molecule has 0 spiro atoms. The molecule has 1 aliphatic heterocycles. The molecule has 1 aliphatic carbocycles. The van der Waals surface area contributed by atoms with E-state index in [1.165, 1.54) is 0 Å². The molecule has 1 aromatic carbocycles. The summed E-state index contributed by atoms with van der Waals surface area (Å²) < 4.78 is 34.6. The van der Waals surface area contributed by atoms with E-state index in [0.717, 1.165) is 5.56 Å². The minimum Gasteiger partial charge on any atom is -0.459 e. The summed E-state index contributed by atoms with van der Waals surface area (Å²) in [6.07, 6.45) is -0.0396. The highest BCUT2D eigenvalue weighted by molar-refractivity contribution is 5.79. The van der Waals surface area contributed by atoms with Gasteiger partial charge < -0.3 is 4.74 Å². The second-order valence-corrected chi connectivity index (χ2v) is 8.49. The molecule has 1 saturated carbocycles. The lowest BCUT2D eigenvalue weighted by molar-refractivity contribution is -0.171. The smallest absolute Gasteiger partial charge is 0.314 e. The number of benzene rings is 1. The van der Waals surface area contributed by atoms with Crippen molar-refractivity contribution in [2.75, 3.05) is 13.1 Å². The Morgan fingerprint density at radius 3 is 2.48 bits per heavy atom. The average molecular weight is 351 g/mol. The molecule has 3 rings (SSSR count). The van der Waals surface area contributed by atoms with Crippen LogP contribution in [0.5, 0.6) is 0 Å². The highest BCUT2D eigenvalue weighted by Gasteiger charge is 2.67. The number of esters is 1. The lowest BCUT2D eigenvalue weighted by atomic mass is 9.80. The lowest BCUT2D eigenvalue weighted by Crippen LogP contribution is -2.43. The standard InChI is InChI=1S/C20H27F2NO2/c1-14(15-8-6-5-7-9-15)23-12-16-19(13-23,10-11-20(16,21)22)17(24)25-18(2,3)4/h5-9,14,16H,10-13H2,1-4H3/t14-,16-,19-/m1/s1. The fourth-order valence-corrected chi connectivity index (χ4v) is 4.23. The average Bonchev–Trinajstić information content (AvgIpc) is 3.04. The van der Waals surface area contributed by atoms with Crippen LogP contribution in [0.3, 0.4) is 0 Å². The summed E-state index contributed by atoms with van der Waals surface area (Å²) in [7, 11) is 0. The zero-order valence-corrected chi connectivity index (χ0v) is 15.4. The molecule has 0 N–H and O–H groups in total. The van der Waals surface area contributed by atoms with Gasteiger partial charge >= 0.3 is 5.97 Å². The maximum Gasteiger partial charge on any atom is 0.314 e. The van der Waals surface area contributed by atoms with Crippen LogP contribution in [-0.4, -0.2) is 35.5 Å². The molecule has 0 amide bonds. The first-order chi connectivity index (χ1) is 11.6. The monoisotopic (exact) mass is 351 g/mol. The van der Waals surface area contributed by atoms with E-state index in [4.69, 9.17) is 4.74 Å². The van der Waals surface area contributed by atoms with Crippen LogP contribution in [-0.2, 0) is 9.53 Å². The summed E-state index contributed by atoms with van der Waals surface area (Å²) in [5.74, 6) is -4.26. The Morgan fingerprint density at radius 1 is 1.24 bits per heavy atom. The lowest BCUT2D eigenvalue weighted by Gasteiger charge is -2.32. The van der Waals surface area contributed by atoms with E-state index in [1.54, 1.807) is 20.8 Å². The van der Waals surface area contributed by atoms with Crippen LogP contribution in [0.2, 0.25) is 0 Å².